The number of halogens is 1. The van der Waals surface area contributed by atoms with E-state index in [-0.39, 0.29) is 24.1 Å². The van der Waals surface area contributed by atoms with Crippen molar-refractivity contribution in [1.82, 2.24) is 19.8 Å². The van der Waals surface area contributed by atoms with E-state index in [1.54, 1.807) is 76.2 Å². The van der Waals surface area contributed by atoms with E-state index in [1.165, 1.54) is 0 Å². The third kappa shape index (κ3) is 7.23. The van der Waals surface area contributed by atoms with Gasteiger partial charge in [-0.3, -0.25) is 9.48 Å². The van der Waals surface area contributed by atoms with E-state index in [1.807, 2.05) is 0 Å². The van der Waals surface area contributed by atoms with Gasteiger partial charge in [-0.15, -0.1) is 12.4 Å². The summed E-state index contributed by atoms with van der Waals surface area (Å²) in [6, 6.07) is 6.26. The summed E-state index contributed by atoms with van der Waals surface area (Å²) in [4.78, 5) is 12.6. The molecule has 28 heavy (non-hydrogen) atoms. The molecule has 1 atom stereocenters. The lowest BCUT2D eigenvalue weighted by atomic mass is 10.1. The average Bonchev–Trinajstić information content (AvgIpc) is 2.91. The molecule has 0 aliphatic rings. The number of rotatable bonds is 7. The molecule has 1 aromatic heterocycles. The highest BCUT2D eigenvalue weighted by Gasteiger charge is 2.22. The Morgan fingerprint density at radius 3 is 2.50 bits per heavy atom. The molecule has 1 amide bonds. The van der Waals surface area contributed by atoms with Crippen molar-refractivity contribution in [3.63, 3.8) is 0 Å². The molecule has 2 rings (SSSR count). The van der Waals surface area contributed by atoms with E-state index in [9.17, 15) is 13.2 Å². The van der Waals surface area contributed by atoms with E-state index in [2.05, 4.69) is 20.5 Å². The predicted octanol–water partition coefficient (Wildman–Crippen LogP) is 1.96. The number of anilines is 1. The third-order valence-electron chi connectivity index (χ3n) is 3.62. The molecule has 0 fully saturated rings. The molecule has 1 heterocycles. The minimum atomic E-state index is -3.48. The van der Waals surface area contributed by atoms with Gasteiger partial charge in [0.05, 0.1) is 11.9 Å². The molecule has 0 bridgehead atoms. The van der Waals surface area contributed by atoms with Crippen LogP contribution in [-0.4, -0.2) is 36.7 Å². The number of hydrogen-bond donors (Lipinski definition) is 3. The first-order valence-electron chi connectivity index (χ1n) is 8.56. The van der Waals surface area contributed by atoms with Gasteiger partial charge in [0, 0.05) is 30.0 Å². The molecule has 0 aliphatic heterocycles. The van der Waals surface area contributed by atoms with Crippen molar-refractivity contribution < 1.29 is 13.2 Å². The summed E-state index contributed by atoms with van der Waals surface area (Å²) in [5.41, 5.74) is 1.32. The van der Waals surface area contributed by atoms with E-state index in [0.717, 1.165) is 5.56 Å². The quantitative estimate of drug-likeness (QED) is 0.624. The fraction of sp³-hybridized carbons (Fsp3) is 0.444. The maximum atomic E-state index is 12.6. The summed E-state index contributed by atoms with van der Waals surface area (Å²) in [7, 11) is -0.0106. The SMILES string of the molecule is CNC(C(=O)Nc1cccc(CS(=O)(=O)NC(C)(C)C)c1)c1cnn(C)c1.Cl. The number of aromatic nitrogens is 2. The van der Waals surface area contributed by atoms with Gasteiger partial charge < -0.3 is 10.6 Å². The van der Waals surface area contributed by atoms with Crippen LogP contribution >= 0.6 is 12.4 Å². The molecule has 3 N–H and O–H groups in total. The molecule has 0 saturated heterocycles. The summed E-state index contributed by atoms with van der Waals surface area (Å²) < 4.78 is 28.8. The number of nitrogens with zero attached hydrogens (tertiary/aromatic N) is 2. The van der Waals surface area contributed by atoms with Crippen molar-refractivity contribution >= 4 is 34.0 Å². The molecule has 1 unspecified atom stereocenters. The van der Waals surface area contributed by atoms with Crippen LogP contribution in [0.3, 0.4) is 0 Å². The van der Waals surface area contributed by atoms with Gasteiger partial charge in [0.1, 0.15) is 6.04 Å². The molecular formula is C18H28ClN5O3S. The van der Waals surface area contributed by atoms with Crippen molar-refractivity contribution in [3.05, 3.63) is 47.8 Å². The maximum absolute atomic E-state index is 12.6. The minimum absolute atomic E-state index is 0. The summed E-state index contributed by atoms with van der Waals surface area (Å²) in [5.74, 6) is -0.412. The number of likely N-dealkylation sites (N-methyl/N-ethyl adjacent to an activating group) is 1. The molecular weight excluding hydrogens is 402 g/mol. The largest absolute Gasteiger partial charge is 0.324 e. The first-order chi connectivity index (χ1) is 12.5. The molecule has 1 aromatic carbocycles. The Morgan fingerprint density at radius 1 is 1.29 bits per heavy atom. The Balaban J connectivity index is 0.00000392. The standard InChI is InChI=1S/C18H27N5O3S.ClH/c1-18(2,3)22-27(25,26)12-13-7-6-8-15(9-13)21-17(24)16(19-4)14-10-20-23(5)11-14;/h6-11,16,19,22H,12H2,1-5H3,(H,21,24);1H. The van der Waals surface area contributed by atoms with Crippen LogP contribution in [0.4, 0.5) is 5.69 Å². The Hall–Kier alpha value is -1.94. The van der Waals surface area contributed by atoms with Gasteiger partial charge in [-0.1, -0.05) is 12.1 Å². The molecule has 10 heteroatoms. The van der Waals surface area contributed by atoms with Crippen LogP contribution in [0, 0.1) is 0 Å². The Labute approximate surface area is 172 Å². The van der Waals surface area contributed by atoms with Crippen molar-refractivity contribution in [2.45, 2.75) is 38.1 Å². The first kappa shape index (κ1) is 24.1. The van der Waals surface area contributed by atoms with Crippen molar-refractivity contribution in [2.24, 2.45) is 7.05 Å². The molecule has 0 saturated carbocycles. The number of nitrogens with one attached hydrogen (secondary N) is 3. The number of sulfonamides is 1. The summed E-state index contributed by atoms with van der Waals surface area (Å²) in [5, 5.41) is 9.86. The van der Waals surface area contributed by atoms with Crippen LogP contribution in [0.15, 0.2) is 36.7 Å². The van der Waals surface area contributed by atoms with Crippen molar-refractivity contribution in [3.8, 4) is 0 Å². The van der Waals surface area contributed by atoms with Crippen LogP contribution in [0.5, 0.6) is 0 Å². The Kier molecular flexibility index (Phi) is 8.18. The van der Waals surface area contributed by atoms with Crippen LogP contribution in [0.25, 0.3) is 0 Å². The number of carbonyl (C=O) groups excluding carboxylic acids is 1. The van der Waals surface area contributed by atoms with Gasteiger partial charge in [-0.05, 0) is 45.5 Å². The first-order valence-corrected chi connectivity index (χ1v) is 10.2. The highest BCUT2D eigenvalue weighted by molar-refractivity contribution is 7.88. The number of hydrogen-bond acceptors (Lipinski definition) is 5. The van der Waals surface area contributed by atoms with E-state index < -0.39 is 21.6 Å². The second-order valence-corrected chi connectivity index (χ2v) is 9.19. The zero-order valence-electron chi connectivity index (χ0n) is 16.7. The molecule has 0 aliphatic carbocycles. The molecule has 156 valence electrons. The van der Waals surface area contributed by atoms with Gasteiger partial charge in [-0.2, -0.15) is 5.10 Å². The highest BCUT2D eigenvalue weighted by atomic mass is 35.5. The molecule has 2 aromatic rings. The normalized spacial score (nSPS) is 12.9. The Morgan fingerprint density at radius 2 is 1.96 bits per heavy atom. The molecule has 0 spiro atoms. The Bertz CT molecular complexity index is 906. The second-order valence-electron chi connectivity index (χ2n) is 7.47. The fourth-order valence-electron chi connectivity index (χ4n) is 2.71. The minimum Gasteiger partial charge on any atom is -0.324 e. The number of amides is 1. The topological polar surface area (TPSA) is 105 Å². The number of aryl methyl sites for hydroxylation is 1. The van der Waals surface area contributed by atoms with E-state index in [0.29, 0.717) is 11.3 Å². The smallest absolute Gasteiger partial charge is 0.246 e. The number of carbonyl (C=O) groups is 1. The average molecular weight is 430 g/mol. The van der Waals surface area contributed by atoms with Crippen LogP contribution in [-0.2, 0) is 27.6 Å². The van der Waals surface area contributed by atoms with Gasteiger partial charge in [0.15, 0.2) is 0 Å². The maximum Gasteiger partial charge on any atom is 0.246 e. The van der Waals surface area contributed by atoms with Gasteiger partial charge >= 0.3 is 0 Å². The zero-order valence-corrected chi connectivity index (χ0v) is 18.3. The highest BCUT2D eigenvalue weighted by Crippen LogP contribution is 2.18. The zero-order chi connectivity index (χ0) is 20.2. The lowest BCUT2D eigenvalue weighted by Crippen LogP contribution is -2.41. The fourth-order valence-corrected chi connectivity index (χ4v) is 4.34. The molecule has 0 radical (unpaired) electrons. The predicted molar refractivity (Wildman–Crippen MR) is 113 cm³/mol. The van der Waals surface area contributed by atoms with Gasteiger partial charge in [0.2, 0.25) is 15.9 Å². The summed E-state index contributed by atoms with van der Waals surface area (Å²) >= 11 is 0. The number of benzene rings is 1. The second kappa shape index (κ2) is 9.51. The lowest BCUT2D eigenvalue weighted by Gasteiger charge is -2.20. The summed E-state index contributed by atoms with van der Waals surface area (Å²) in [6.45, 7) is 5.37. The van der Waals surface area contributed by atoms with Gasteiger partial charge in [-0.25, -0.2) is 13.1 Å². The van der Waals surface area contributed by atoms with Crippen LogP contribution in [0.2, 0.25) is 0 Å². The van der Waals surface area contributed by atoms with Crippen molar-refractivity contribution in [1.29, 1.82) is 0 Å². The van der Waals surface area contributed by atoms with Crippen LogP contribution < -0.4 is 15.4 Å². The monoisotopic (exact) mass is 429 g/mol. The van der Waals surface area contributed by atoms with Crippen molar-refractivity contribution in [2.75, 3.05) is 12.4 Å². The lowest BCUT2D eigenvalue weighted by molar-refractivity contribution is -0.118. The van der Waals surface area contributed by atoms with Crippen LogP contribution in [0.1, 0.15) is 37.9 Å². The summed E-state index contributed by atoms with van der Waals surface area (Å²) in [6.07, 6.45) is 3.39. The van der Waals surface area contributed by atoms with E-state index in [4.69, 9.17) is 0 Å². The van der Waals surface area contributed by atoms with Gasteiger partial charge in [0.25, 0.3) is 0 Å². The van der Waals surface area contributed by atoms with E-state index >= 15 is 0 Å². The third-order valence-corrected chi connectivity index (χ3v) is 5.26. The molecule has 8 nitrogen and oxygen atoms in total.